The van der Waals surface area contributed by atoms with E-state index in [4.69, 9.17) is 11.6 Å². The van der Waals surface area contributed by atoms with Crippen molar-refractivity contribution in [1.29, 1.82) is 0 Å². The number of hydrogen-bond acceptors (Lipinski definition) is 3. The molecule has 2 aromatic rings. The SMILES string of the molecule is CC(=O)Nc1ccc(NC(C)c2cccc(O)c2)cc1Cl. The summed E-state index contributed by atoms with van der Waals surface area (Å²) in [4.78, 5) is 11.0. The molecule has 0 aliphatic carbocycles. The van der Waals surface area contributed by atoms with E-state index in [2.05, 4.69) is 10.6 Å². The van der Waals surface area contributed by atoms with Crippen LogP contribution in [0.4, 0.5) is 11.4 Å². The van der Waals surface area contributed by atoms with Gasteiger partial charge in [0.15, 0.2) is 0 Å². The normalized spacial score (nSPS) is 11.8. The summed E-state index contributed by atoms with van der Waals surface area (Å²) in [6, 6.07) is 12.4. The van der Waals surface area contributed by atoms with Gasteiger partial charge in [-0.15, -0.1) is 0 Å². The predicted octanol–water partition coefficient (Wildman–Crippen LogP) is 4.18. The number of hydrogen-bond donors (Lipinski definition) is 3. The molecule has 0 fully saturated rings. The van der Waals surface area contributed by atoms with Crippen molar-refractivity contribution in [2.45, 2.75) is 19.9 Å². The summed E-state index contributed by atoms with van der Waals surface area (Å²) < 4.78 is 0. The van der Waals surface area contributed by atoms with Gasteiger partial charge in [0.1, 0.15) is 5.75 Å². The van der Waals surface area contributed by atoms with E-state index in [1.54, 1.807) is 30.3 Å². The fraction of sp³-hybridized carbons (Fsp3) is 0.188. The third-order valence-electron chi connectivity index (χ3n) is 3.03. The number of halogens is 1. The topological polar surface area (TPSA) is 61.4 Å². The second-order valence-electron chi connectivity index (χ2n) is 4.84. The maximum atomic E-state index is 11.0. The van der Waals surface area contributed by atoms with E-state index < -0.39 is 0 Å². The van der Waals surface area contributed by atoms with Crippen molar-refractivity contribution in [3.8, 4) is 5.75 Å². The Morgan fingerprint density at radius 2 is 2.00 bits per heavy atom. The van der Waals surface area contributed by atoms with E-state index in [-0.39, 0.29) is 17.7 Å². The summed E-state index contributed by atoms with van der Waals surface area (Å²) in [6.45, 7) is 3.43. The van der Waals surface area contributed by atoms with Crippen LogP contribution in [-0.2, 0) is 4.79 Å². The molecule has 0 radical (unpaired) electrons. The lowest BCUT2D eigenvalue weighted by Gasteiger charge is -2.17. The van der Waals surface area contributed by atoms with Crippen LogP contribution >= 0.6 is 11.6 Å². The molecule has 1 atom stereocenters. The van der Waals surface area contributed by atoms with E-state index in [1.165, 1.54) is 6.92 Å². The van der Waals surface area contributed by atoms with Crippen LogP contribution in [0.3, 0.4) is 0 Å². The molecule has 0 saturated carbocycles. The summed E-state index contributed by atoms with van der Waals surface area (Å²) in [5.41, 5.74) is 2.39. The third kappa shape index (κ3) is 4.13. The largest absolute Gasteiger partial charge is 0.508 e. The van der Waals surface area contributed by atoms with Crippen LogP contribution in [0.5, 0.6) is 5.75 Å². The van der Waals surface area contributed by atoms with Gasteiger partial charge in [-0.2, -0.15) is 0 Å². The molecule has 2 rings (SSSR count). The fourth-order valence-corrected chi connectivity index (χ4v) is 2.25. The number of carbonyl (C=O) groups is 1. The Morgan fingerprint density at radius 1 is 1.24 bits per heavy atom. The van der Waals surface area contributed by atoms with Crippen molar-refractivity contribution >= 4 is 28.9 Å². The van der Waals surface area contributed by atoms with Gasteiger partial charge in [0, 0.05) is 18.7 Å². The lowest BCUT2D eigenvalue weighted by atomic mass is 10.1. The summed E-state index contributed by atoms with van der Waals surface area (Å²) in [7, 11) is 0. The highest BCUT2D eigenvalue weighted by molar-refractivity contribution is 6.34. The zero-order valence-electron chi connectivity index (χ0n) is 11.9. The molecule has 0 bridgehead atoms. The smallest absolute Gasteiger partial charge is 0.221 e. The highest BCUT2D eigenvalue weighted by atomic mass is 35.5. The molecule has 0 aromatic heterocycles. The van der Waals surface area contributed by atoms with Crippen molar-refractivity contribution in [2.24, 2.45) is 0 Å². The first-order valence-corrected chi connectivity index (χ1v) is 6.96. The summed E-state index contributed by atoms with van der Waals surface area (Å²) in [5, 5.41) is 15.9. The van der Waals surface area contributed by atoms with Crippen molar-refractivity contribution in [2.75, 3.05) is 10.6 Å². The molecule has 2 aromatic carbocycles. The molecule has 1 amide bonds. The fourth-order valence-electron chi connectivity index (χ4n) is 2.02. The number of amides is 1. The van der Waals surface area contributed by atoms with Crippen molar-refractivity contribution in [3.05, 3.63) is 53.1 Å². The number of anilines is 2. The monoisotopic (exact) mass is 304 g/mol. The van der Waals surface area contributed by atoms with Gasteiger partial charge in [-0.05, 0) is 42.8 Å². The summed E-state index contributed by atoms with van der Waals surface area (Å²) in [5.74, 6) is 0.0749. The number of rotatable bonds is 4. The maximum absolute atomic E-state index is 11.0. The molecule has 3 N–H and O–H groups in total. The van der Waals surface area contributed by atoms with Crippen molar-refractivity contribution in [3.63, 3.8) is 0 Å². The number of benzene rings is 2. The molecule has 0 aliphatic heterocycles. The number of nitrogens with one attached hydrogen (secondary N) is 2. The number of carbonyl (C=O) groups excluding carboxylic acids is 1. The standard InChI is InChI=1S/C16H17ClN2O2/c1-10(12-4-3-5-14(21)8-12)18-13-6-7-16(15(17)9-13)19-11(2)20/h3-10,18,21H,1-2H3,(H,19,20). The molecular formula is C16H17ClN2O2. The van der Waals surface area contributed by atoms with Crippen LogP contribution in [0, 0.1) is 0 Å². The van der Waals surface area contributed by atoms with Gasteiger partial charge in [0.05, 0.1) is 10.7 Å². The Hall–Kier alpha value is -2.20. The van der Waals surface area contributed by atoms with E-state index in [0.29, 0.717) is 10.7 Å². The highest BCUT2D eigenvalue weighted by Gasteiger charge is 2.08. The first-order chi connectivity index (χ1) is 9.95. The minimum Gasteiger partial charge on any atom is -0.508 e. The predicted molar refractivity (Wildman–Crippen MR) is 85.9 cm³/mol. The van der Waals surface area contributed by atoms with E-state index in [1.807, 2.05) is 19.1 Å². The zero-order valence-corrected chi connectivity index (χ0v) is 12.6. The average Bonchev–Trinajstić information content (AvgIpc) is 2.41. The zero-order chi connectivity index (χ0) is 15.4. The molecule has 1 unspecified atom stereocenters. The number of aromatic hydroxyl groups is 1. The molecule has 0 spiro atoms. The van der Waals surface area contributed by atoms with Gasteiger partial charge < -0.3 is 15.7 Å². The van der Waals surface area contributed by atoms with Gasteiger partial charge in [-0.1, -0.05) is 23.7 Å². The first kappa shape index (κ1) is 15.2. The molecule has 21 heavy (non-hydrogen) atoms. The van der Waals surface area contributed by atoms with Gasteiger partial charge >= 0.3 is 0 Å². The third-order valence-corrected chi connectivity index (χ3v) is 3.35. The van der Waals surface area contributed by atoms with Gasteiger partial charge in [-0.3, -0.25) is 4.79 Å². The van der Waals surface area contributed by atoms with Crippen LogP contribution in [0.15, 0.2) is 42.5 Å². The Bertz CT molecular complexity index is 658. The minimum absolute atomic E-state index is 0.0137. The Balaban J connectivity index is 2.12. The number of phenols is 1. The molecular weight excluding hydrogens is 288 g/mol. The van der Waals surface area contributed by atoms with E-state index >= 15 is 0 Å². The van der Waals surface area contributed by atoms with Gasteiger partial charge in [0.25, 0.3) is 0 Å². The second-order valence-corrected chi connectivity index (χ2v) is 5.24. The Morgan fingerprint density at radius 3 is 2.62 bits per heavy atom. The quantitative estimate of drug-likeness (QED) is 0.794. The Kier molecular flexibility index (Phi) is 4.70. The lowest BCUT2D eigenvalue weighted by Crippen LogP contribution is -2.08. The minimum atomic E-state index is -0.161. The van der Waals surface area contributed by atoms with Crippen LogP contribution in [0.1, 0.15) is 25.5 Å². The molecule has 110 valence electrons. The molecule has 0 heterocycles. The van der Waals surface area contributed by atoms with Crippen LogP contribution in [0.25, 0.3) is 0 Å². The first-order valence-electron chi connectivity index (χ1n) is 6.58. The second kappa shape index (κ2) is 6.50. The number of phenolic OH excluding ortho intramolecular Hbond substituents is 1. The molecule has 0 saturated heterocycles. The van der Waals surface area contributed by atoms with Crippen LogP contribution in [0.2, 0.25) is 5.02 Å². The highest BCUT2D eigenvalue weighted by Crippen LogP contribution is 2.28. The Labute approximate surface area is 128 Å². The average molecular weight is 305 g/mol. The molecule has 5 heteroatoms. The van der Waals surface area contributed by atoms with Gasteiger partial charge in [0.2, 0.25) is 5.91 Å². The molecule has 4 nitrogen and oxygen atoms in total. The maximum Gasteiger partial charge on any atom is 0.221 e. The van der Waals surface area contributed by atoms with Crippen molar-refractivity contribution in [1.82, 2.24) is 0 Å². The van der Waals surface area contributed by atoms with Crippen molar-refractivity contribution < 1.29 is 9.90 Å². The lowest BCUT2D eigenvalue weighted by molar-refractivity contribution is -0.114. The summed E-state index contributed by atoms with van der Waals surface area (Å²) in [6.07, 6.45) is 0. The van der Waals surface area contributed by atoms with Gasteiger partial charge in [-0.25, -0.2) is 0 Å². The van der Waals surface area contributed by atoms with Crippen LogP contribution in [-0.4, -0.2) is 11.0 Å². The summed E-state index contributed by atoms with van der Waals surface area (Å²) >= 11 is 6.13. The van der Waals surface area contributed by atoms with E-state index in [9.17, 15) is 9.90 Å². The van der Waals surface area contributed by atoms with Crippen LogP contribution < -0.4 is 10.6 Å². The molecule has 0 aliphatic rings. The van der Waals surface area contributed by atoms with E-state index in [0.717, 1.165) is 11.3 Å².